The summed E-state index contributed by atoms with van der Waals surface area (Å²) in [6.07, 6.45) is 8.60. The normalized spacial score (nSPS) is 20.8. The Labute approximate surface area is 306 Å². The summed E-state index contributed by atoms with van der Waals surface area (Å²) in [7, 11) is -1.17. The van der Waals surface area contributed by atoms with Crippen molar-refractivity contribution in [2.75, 3.05) is 12.3 Å². The fourth-order valence-electron chi connectivity index (χ4n) is 6.84. The van der Waals surface area contributed by atoms with Gasteiger partial charge in [-0.2, -0.15) is 0 Å². The number of urea groups is 1. The van der Waals surface area contributed by atoms with Crippen LogP contribution in [0.25, 0.3) is 0 Å². The van der Waals surface area contributed by atoms with E-state index in [9.17, 15) is 28.2 Å². The number of hydrogen-bond donors (Lipinski definition) is 5. The van der Waals surface area contributed by atoms with Crippen LogP contribution in [0.15, 0.2) is 30.3 Å². The van der Waals surface area contributed by atoms with Crippen LogP contribution in [-0.4, -0.2) is 84.5 Å². The average Bonchev–Trinajstić information content (AvgIpc) is 3.54. The molecule has 1 aliphatic heterocycles. The Kier molecular flexibility index (Phi) is 15.2. The van der Waals surface area contributed by atoms with Crippen LogP contribution < -0.4 is 21.7 Å². The Morgan fingerprint density at radius 3 is 2.04 bits per heavy atom. The largest absolute Gasteiger partial charge is 0.392 e. The van der Waals surface area contributed by atoms with Gasteiger partial charge in [0.2, 0.25) is 17.6 Å². The van der Waals surface area contributed by atoms with E-state index in [1.807, 2.05) is 71.9 Å². The minimum atomic E-state index is -1.17. The van der Waals surface area contributed by atoms with Crippen LogP contribution >= 0.6 is 0 Å². The maximum Gasteiger partial charge on any atom is 0.315 e. The molecule has 0 spiro atoms. The van der Waals surface area contributed by atoms with Crippen LogP contribution in [0.4, 0.5) is 4.79 Å². The van der Waals surface area contributed by atoms with E-state index >= 15 is 0 Å². The maximum absolute atomic E-state index is 14.0. The molecule has 1 heterocycles. The number of rotatable bonds is 12. The summed E-state index contributed by atoms with van der Waals surface area (Å²) in [5.41, 5.74) is 4.93. The lowest BCUT2D eigenvalue weighted by Gasteiger charge is -2.41. The molecule has 0 bridgehead atoms. The summed E-state index contributed by atoms with van der Waals surface area (Å²) in [6.45, 7) is 11.8. The SMILES string of the molecule is CC(C)(C)[C@H](NC(=O)NC1(CS(=O)C(C)(C)C)CCCCC1)C(=O)N1CCC[C@H]1C(=O)NC(CC1CCC1)C(=O)C(N)=O.OCc1ccccc1. The molecule has 3 aliphatic rings. The molecule has 51 heavy (non-hydrogen) atoms. The van der Waals surface area contributed by atoms with Crippen LogP contribution in [0.2, 0.25) is 0 Å². The fraction of sp³-hybridized carbons (Fsp3) is 0.711. The highest BCUT2D eigenvalue weighted by molar-refractivity contribution is 7.86. The first-order valence-electron chi connectivity index (χ1n) is 18.4. The molecule has 4 atom stereocenters. The smallest absolute Gasteiger partial charge is 0.315 e. The van der Waals surface area contributed by atoms with Crippen molar-refractivity contribution in [3.8, 4) is 0 Å². The summed E-state index contributed by atoms with van der Waals surface area (Å²) in [6, 6.07) is 6.25. The molecule has 0 aromatic heterocycles. The number of nitrogens with zero attached hydrogens (tertiary/aromatic N) is 1. The molecule has 12 nitrogen and oxygen atoms in total. The number of amides is 5. The number of Topliss-reactive ketones (excluding diaryl/α,β-unsaturated/α-hetero) is 1. The molecule has 286 valence electrons. The Balaban J connectivity index is 0.000000770. The highest BCUT2D eigenvalue weighted by Crippen LogP contribution is 2.33. The predicted molar refractivity (Wildman–Crippen MR) is 199 cm³/mol. The van der Waals surface area contributed by atoms with E-state index in [0.717, 1.165) is 56.9 Å². The fourth-order valence-corrected chi connectivity index (χ4v) is 8.14. The van der Waals surface area contributed by atoms with Gasteiger partial charge in [-0.15, -0.1) is 0 Å². The maximum atomic E-state index is 14.0. The summed E-state index contributed by atoms with van der Waals surface area (Å²) in [5.74, 6) is -2.20. The molecule has 0 radical (unpaired) electrons. The van der Waals surface area contributed by atoms with Crippen molar-refractivity contribution in [2.24, 2.45) is 17.1 Å². The second-order valence-electron chi connectivity index (χ2n) is 16.5. The highest BCUT2D eigenvalue weighted by Gasteiger charge is 2.44. The zero-order valence-electron chi connectivity index (χ0n) is 31.4. The number of nitrogens with two attached hydrogens (primary N) is 1. The number of carbonyl (C=O) groups excluding carboxylic acids is 5. The molecular weight excluding hydrogens is 671 g/mol. The molecular formula is C38H61N5O7S. The van der Waals surface area contributed by atoms with E-state index in [4.69, 9.17) is 10.8 Å². The molecule has 1 saturated heterocycles. The number of primary amides is 1. The van der Waals surface area contributed by atoms with Gasteiger partial charge in [0.1, 0.15) is 12.1 Å². The van der Waals surface area contributed by atoms with Gasteiger partial charge in [-0.1, -0.05) is 89.6 Å². The molecule has 2 aliphatic carbocycles. The number of carbonyl (C=O) groups is 5. The lowest BCUT2D eigenvalue weighted by molar-refractivity contribution is -0.143. The Bertz CT molecular complexity index is 1380. The molecule has 3 fully saturated rings. The minimum Gasteiger partial charge on any atom is -0.392 e. The van der Waals surface area contributed by atoms with E-state index in [0.29, 0.717) is 31.6 Å². The lowest BCUT2D eigenvalue weighted by atomic mass is 9.80. The Hall–Kier alpha value is -3.32. The van der Waals surface area contributed by atoms with Gasteiger partial charge in [0.15, 0.2) is 0 Å². The topological polar surface area (TPSA) is 188 Å². The molecule has 5 amide bonds. The monoisotopic (exact) mass is 731 g/mol. The molecule has 1 aromatic carbocycles. The summed E-state index contributed by atoms with van der Waals surface area (Å²) in [4.78, 5) is 66.6. The van der Waals surface area contributed by atoms with Crippen LogP contribution in [0.5, 0.6) is 0 Å². The van der Waals surface area contributed by atoms with E-state index in [1.54, 1.807) is 0 Å². The zero-order valence-corrected chi connectivity index (χ0v) is 32.2. The van der Waals surface area contributed by atoms with Crippen LogP contribution in [0.1, 0.15) is 118 Å². The van der Waals surface area contributed by atoms with Gasteiger partial charge in [0.05, 0.1) is 18.2 Å². The second-order valence-corrected chi connectivity index (χ2v) is 18.7. The van der Waals surface area contributed by atoms with Crippen molar-refractivity contribution in [3.05, 3.63) is 35.9 Å². The van der Waals surface area contributed by atoms with E-state index in [2.05, 4.69) is 16.0 Å². The lowest BCUT2D eigenvalue weighted by Crippen LogP contribution is -2.63. The van der Waals surface area contributed by atoms with Crippen molar-refractivity contribution in [1.29, 1.82) is 0 Å². The van der Waals surface area contributed by atoms with Gasteiger partial charge >= 0.3 is 6.03 Å². The highest BCUT2D eigenvalue weighted by atomic mass is 32.2. The number of aliphatic hydroxyl groups is 1. The summed E-state index contributed by atoms with van der Waals surface area (Å²) in [5, 5.41) is 17.3. The molecule has 4 rings (SSSR count). The van der Waals surface area contributed by atoms with Gasteiger partial charge in [0.25, 0.3) is 5.91 Å². The third-order valence-corrected chi connectivity index (χ3v) is 12.4. The Morgan fingerprint density at radius 2 is 1.55 bits per heavy atom. The molecule has 6 N–H and O–H groups in total. The van der Waals surface area contributed by atoms with E-state index < -0.39 is 68.3 Å². The molecule has 2 saturated carbocycles. The standard InChI is InChI=1S/C31H53N5O6S.C7H8O/c1-29(2,3)24(34-28(41)35-31(15-8-7-9-16-31)19-43(42)30(4,5)6)27(40)36-17-11-14-22(36)26(39)33-21(23(37)25(32)38)18-20-12-10-13-20;8-6-7-4-2-1-3-5-7/h20-22,24H,7-19H2,1-6H3,(H2,32,38)(H,33,39)(H2,34,35,41);1-5,8H,6H2/t21?,22-,24+,43?;/m0./s1. The Morgan fingerprint density at radius 1 is 0.922 bits per heavy atom. The molecule has 1 aromatic rings. The van der Waals surface area contributed by atoms with Crippen molar-refractivity contribution in [1.82, 2.24) is 20.9 Å². The van der Waals surface area contributed by atoms with E-state index in [1.165, 1.54) is 4.90 Å². The first-order chi connectivity index (χ1) is 23.9. The number of hydrogen-bond acceptors (Lipinski definition) is 7. The molecule has 13 heteroatoms. The first kappa shape index (κ1) is 42.1. The van der Waals surface area contributed by atoms with E-state index in [-0.39, 0.29) is 18.4 Å². The third-order valence-electron chi connectivity index (χ3n) is 10.2. The average molecular weight is 732 g/mol. The summed E-state index contributed by atoms with van der Waals surface area (Å²) < 4.78 is 12.7. The summed E-state index contributed by atoms with van der Waals surface area (Å²) >= 11 is 0. The quantitative estimate of drug-likeness (QED) is 0.202. The first-order valence-corrected chi connectivity index (χ1v) is 19.8. The number of likely N-dealkylation sites (tertiary alicyclic amines) is 1. The van der Waals surface area contributed by atoms with Crippen LogP contribution in [0, 0.1) is 11.3 Å². The number of benzene rings is 1. The number of ketones is 1. The van der Waals surface area contributed by atoms with Gasteiger partial charge in [-0.05, 0) is 69.8 Å². The van der Waals surface area contributed by atoms with Gasteiger partial charge in [0, 0.05) is 27.8 Å². The number of nitrogens with one attached hydrogen (secondary N) is 3. The second kappa shape index (κ2) is 18.4. The van der Waals surface area contributed by atoms with Crippen LogP contribution in [-0.2, 0) is 36.6 Å². The van der Waals surface area contributed by atoms with Crippen molar-refractivity contribution in [3.63, 3.8) is 0 Å². The molecule has 2 unspecified atom stereocenters. The van der Waals surface area contributed by atoms with Crippen LogP contribution in [0.3, 0.4) is 0 Å². The van der Waals surface area contributed by atoms with Crippen molar-refractivity contribution in [2.45, 2.75) is 147 Å². The van der Waals surface area contributed by atoms with Gasteiger partial charge in [-0.25, -0.2) is 4.79 Å². The number of aliphatic hydroxyl groups excluding tert-OH is 1. The van der Waals surface area contributed by atoms with Crippen molar-refractivity contribution < 1.29 is 33.3 Å². The third kappa shape index (κ3) is 12.4. The van der Waals surface area contributed by atoms with Crippen molar-refractivity contribution >= 4 is 40.3 Å². The predicted octanol–water partition coefficient (Wildman–Crippen LogP) is 3.85. The minimum absolute atomic E-state index is 0.140. The zero-order chi connectivity index (χ0) is 38.0. The van der Waals surface area contributed by atoms with Gasteiger partial charge in [-0.3, -0.25) is 23.4 Å². The van der Waals surface area contributed by atoms with Gasteiger partial charge < -0.3 is 31.7 Å².